The fourth-order valence-electron chi connectivity index (χ4n) is 4.04. The Kier molecular flexibility index (Phi) is 7.30. The number of pyridine rings is 1. The molecule has 1 aromatic heterocycles. The second kappa shape index (κ2) is 10.5. The highest BCUT2D eigenvalue weighted by atomic mass is 35.5. The van der Waals surface area contributed by atoms with Gasteiger partial charge in [-0.3, -0.25) is 4.79 Å². The Balaban J connectivity index is 1.65. The van der Waals surface area contributed by atoms with Crippen LogP contribution in [0.15, 0.2) is 77.6 Å². The summed E-state index contributed by atoms with van der Waals surface area (Å²) in [6.07, 6.45) is 0. The lowest BCUT2D eigenvalue weighted by atomic mass is 9.96. The van der Waals surface area contributed by atoms with E-state index in [2.05, 4.69) is 16.0 Å². The Hall–Kier alpha value is -3.61. The van der Waals surface area contributed by atoms with Crippen LogP contribution in [0.4, 0.5) is 10.5 Å². The third kappa shape index (κ3) is 5.14. The Morgan fingerprint density at radius 2 is 1.74 bits per heavy atom. The number of aromatic nitrogens is 1. The Morgan fingerprint density at radius 1 is 0.941 bits per heavy atom. The van der Waals surface area contributed by atoms with E-state index in [4.69, 9.17) is 11.6 Å². The molecule has 0 aliphatic heterocycles. The number of halogens is 1. The number of carbonyl (C=O) groups is 1. The minimum atomic E-state index is -0.349. The SMILES string of the molecule is CCNCc1cccc(NC(=O)NCc2c(-c3ccccc3)c3cc(Cl)ccc3c(=O)n2C)c1. The van der Waals surface area contributed by atoms with Gasteiger partial charge in [0.25, 0.3) is 5.56 Å². The van der Waals surface area contributed by atoms with Gasteiger partial charge < -0.3 is 20.5 Å². The van der Waals surface area contributed by atoms with Crippen molar-refractivity contribution < 1.29 is 4.79 Å². The number of hydrogen-bond donors (Lipinski definition) is 3. The van der Waals surface area contributed by atoms with E-state index in [1.807, 2.05) is 61.5 Å². The number of carbonyl (C=O) groups excluding carboxylic acids is 1. The van der Waals surface area contributed by atoms with E-state index < -0.39 is 0 Å². The molecular weight excluding hydrogens is 448 g/mol. The van der Waals surface area contributed by atoms with E-state index >= 15 is 0 Å². The number of nitrogens with one attached hydrogen (secondary N) is 3. The first-order valence-electron chi connectivity index (χ1n) is 11.2. The zero-order valence-electron chi connectivity index (χ0n) is 19.2. The molecule has 2 amide bonds. The number of fused-ring (bicyclic) bond motifs is 1. The lowest BCUT2D eigenvalue weighted by Gasteiger charge is -2.18. The molecule has 0 unspecified atom stereocenters. The van der Waals surface area contributed by atoms with E-state index in [1.165, 1.54) is 0 Å². The number of nitrogens with zero attached hydrogens (tertiary/aromatic N) is 1. The van der Waals surface area contributed by atoms with Crippen molar-refractivity contribution in [3.8, 4) is 11.1 Å². The standard InChI is InChI=1S/C27H27ClN4O2/c1-3-29-16-18-8-7-11-21(14-18)31-27(34)30-17-24-25(19-9-5-4-6-10-19)23-15-20(28)12-13-22(23)26(33)32(24)2/h4-15,29H,3,16-17H2,1-2H3,(H2,30,31,34). The Labute approximate surface area is 203 Å². The molecule has 0 atom stereocenters. The topological polar surface area (TPSA) is 75.2 Å². The average Bonchev–Trinajstić information content (AvgIpc) is 2.84. The number of urea groups is 1. The van der Waals surface area contributed by atoms with Gasteiger partial charge >= 0.3 is 6.03 Å². The largest absolute Gasteiger partial charge is 0.332 e. The summed E-state index contributed by atoms with van der Waals surface area (Å²) in [7, 11) is 1.72. The van der Waals surface area contributed by atoms with Crippen molar-refractivity contribution in [1.29, 1.82) is 0 Å². The molecule has 0 fully saturated rings. The number of benzene rings is 3. The summed E-state index contributed by atoms with van der Waals surface area (Å²) in [6.45, 7) is 3.82. The molecule has 34 heavy (non-hydrogen) atoms. The van der Waals surface area contributed by atoms with E-state index in [9.17, 15) is 9.59 Å². The molecule has 0 radical (unpaired) electrons. The van der Waals surface area contributed by atoms with Crippen molar-refractivity contribution >= 4 is 34.1 Å². The predicted octanol–water partition coefficient (Wildman–Crippen LogP) is 5.29. The number of amides is 2. The molecule has 7 heteroatoms. The minimum absolute atomic E-state index is 0.139. The van der Waals surface area contributed by atoms with Crippen LogP contribution in [0.2, 0.25) is 5.02 Å². The van der Waals surface area contributed by atoms with Crippen LogP contribution in [-0.4, -0.2) is 17.1 Å². The van der Waals surface area contributed by atoms with Crippen LogP contribution in [0.25, 0.3) is 21.9 Å². The summed E-state index contributed by atoms with van der Waals surface area (Å²) < 4.78 is 1.59. The highest BCUT2D eigenvalue weighted by Gasteiger charge is 2.17. The fraction of sp³-hybridized carbons (Fsp3) is 0.185. The first-order valence-corrected chi connectivity index (χ1v) is 11.6. The van der Waals surface area contributed by atoms with Crippen LogP contribution < -0.4 is 21.5 Å². The minimum Gasteiger partial charge on any atom is -0.332 e. The van der Waals surface area contributed by atoms with E-state index in [-0.39, 0.29) is 18.1 Å². The molecule has 0 saturated heterocycles. The molecule has 0 spiro atoms. The van der Waals surface area contributed by atoms with Crippen LogP contribution in [0.3, 0.4) is 0 Å². The van der Waals surface area contributed by atoms with Crippen LogP contribution >= 0.6 is 11.6 Å². The first kappa shape index (κ1) is 23.5. The highest BCUT2D eigenvalue weighted by Crippen LogP contribution is 2.32. The van der Waals surface area contributed by atoms with Gasteiger partial charge in [-0.2, -0.15) is 0 Å². The van der Waals surface area contributed by atoms with Crippen molar-refractivity contribution in [3.05, 3.63) is 99.4 Å². The number of rotatable bonds is 7. The maximum absolute atomic E-state index is 13.1. The third-order valence-electron chi connectivity index (χ3n) is 5.72. The van der Waals surface area contributed by atoms with Gasteiger partial charge in [0.2, 0.25) is 0 Å². The van der Waals surface area contributed by atoms with Crippen LogP contribution in [0.1, 0.15) is 18.2 Å². The molecular formula is C27H27ClN4O2. The van der Waals surface area contributed by atoms with Crippen molar-refractivity contribution in [2.45, 2.75) is 20.0 Å². The van der Waals surface area contributed by atoms with Crippen molar-refractivity contribution in [2.24, 2.45) is 7.05 Å². The third-order valence-corrected chi connectivity index (χ3v) is 5.96. The Morgan fingerprint density at radius 3 is 2.50 bits per heavy atom. The van der Waals surface area contributed by atoms with E-state index in [1.54, 1.807) is 29.8 Å². The fourth-order valence-corrected chi connectivity index (χ4v) is 4.21. The molecule has 3 aromatic carbocycles. The number of anilines is 1. The molecule has 174 valence electrons. The maximum atomic E-state index is 13.1. The molecule has 0 aliphatic carbocycles. The van der Waals surface area contributed by atoms with Crippen LogP contribution in [0, 0.1) is 0 Å². The summed E-state index contributed by atoms with van der Waals surface area (Å²) in [5.74, 6) is 0. The molecule has 4 aromatic rings. The van der Waals surface area contributed by atoms with Crippen molar-refractivity contribution in [1.82, 2.24) is 15.2 Å². The van der Waals surface area contributed by atoms with Crippen molar-refractivity contribution in [3.63, 3.8) is 0 Å². The molecule has 3 N–H and O–H groups in total. The smallest absolute Gasteiger partial charge is 0.319 e. The summed E-state index contributed by atoms with van der Waals surface area (Å²) in [4.78, 5) is 25.8. The summed E-state index contributed by atoms with van der Waals surface area (Å²) in [5, 5.41) is 11.0. The second-order valence-corrected chi connectivity index (χ2v) is 8.47. The number of hydrogen-bond acceptors (Lipinski definition) is 3. The molecule has 6 nitrogen and oxygen atoms in total. The molecule has 1 heterocycles. The zero-order chi connectivity index (χ0) is 24.1. The van der Waals surface area contributed by atoms with Gasteiger partial charge in [0, 0.05) is 40.9 Å². The molecule has 0 aliphatic rings. The monoisotopic (exact) mass is 474 g/mol. The van der Waals surface area contributed by atoms with Crippen LogP contribution in [0.5, 0.6) is 0 Å². The van der Waals surface area contributed by atoms with Crippen LogP contribution in [-0.2, 0) is 20.1 Å². The predicted molar refractivity (Wildman–Crippen MR) is 139 cm³/mol. The van der Waals surface area contributed by atoms with Gasteiger partial charge in [-0.1, -0.05) is 61.0 Å². The van der Waals surface area contributed by atoms with Gasteiger partial charge in [-0.25, -0.2) is 4.79 Å². The van der Waals surface area contributed by atoms with Gasteiger partial charge in [0.05, 0.1) is 6.54 Å². The van der Waals surface area contributed by atoms with Gasteiger partial charge in [-0.15, -0.1) is 0 Å². The van der Waals surface area contributed by atoms with Gasteiger partial charge in [0.1, 0.15) is 0 Å². The molecule has 0 bridgehead atoms. The maximum Gasteiger partial charge on any atom is 0.319 e. The lowest BCUT2D eigenvalue weighted by molar-refractivity contribution is 0.251. The first-order chi connectivity index (χ1) is 16.5. The quantitative estimate of drug-likeness (QED) is 0.340. The molecule has 0 saturated carbocycles. The lowest BCUT2D eigenvalue weighted by Crippen LogP contribution is -2.32. The summed E-state index contributed by atoms with van der Waals surface area (Å²) in [5.41, 5.74) is 4.16. The average molecular weight is 475 g/mol. The summed E-state index contributed by atoms with van der Waals surface area (Å²) >= 11 is 6.29. The summed E-state index contributed by atoms with van der Waals surface area (Å²) in [6, 6.07) is 22.4. The van der Waals surface area contributed by atoms with Gasteiger partial charge in [-0.05, 0) is 53.4 Å². The normalized spacial score (nSPS) is 10.9. The van der Waals surface area contributed by atoms with E-state index in [0.29, 0.717) is 21.8 Å². The molecule has 4 rings (SSSR count). The Bertz CT molecular complexity index is 1380. The zero-order valence-corrected chi connectivity index (χ0v) is 19.9. The van der Waals surface area contributed by atoms with E-state index in [0.717, 1.165) is 35.2 Å². The highest BCUT2D eigenvalue weighted by molar-refractivity contribution is 6.31. The second-order valence-electron chi connectivity index (χ2n) is 8.03. The van der Waals surface area contributed by atoms with Gasteiger partial charge in [0.15, 0.2) is 0 Å². The van der Waals surface area contributed by atoms with Crippen molar-refractivity contribution in [2.75, 3.05) is 11.9 Å².